The number of benzene rings is 1. The molecule has 0 radical (unpaired) electrons. The van der Waals surface area contributed by atoms with Gasteiger partial charge < -0.3 is 25.0 Å². The summed E-state index contributed by atoms with van der Waals surface area (Å²) in [6.07, 6.45) is 6.25. The number of halogens is 1. The van der Waals surface area contributed by atoms with Gasteiger partial charge >= 0.3 is 0 Å². The topological polar surface area (TPSA) is 77.4 Å². The Morgan fingerprint density at radius 1 is 1.13 bits per heavy atom. The zero-order valence-electron chi connectivity index (χ0n) is 18.4. The van der Waals surface area contributed by atoms with Gasteiger partial charge in [0.05, 0.1) is 13.2 Å². The van der Waals surface area contributed by atoms with Crippen LogP contribution in [-0.4, -0.2) is 73.2 Å². The molecule has 7 nitrogen and oxygen atoms in total. The Bertz CT molecular complexity index is 787. The fraction of sp³-hybridized carbons (Fsp3) is 0.652. The molecule has 1 aromatic carbocycles. The van der Waals surface area contributed by atoms with Gasteiger partial charge in [-0.1, -0.05) is 6.07 Å². The lowest BCUT2D eigenvalue weighted by Crippen LogP contribution is -2.49. The predicted octanol–water partition coefficient (Wildman–Crippen LogP) is 2.54. The number of nitrogens with one attached hydrogen (secondary N) is 1. The van der Waals surface area contributed by atoms with Gasteiger partial charge in [-0.05, 0) is 55.7 Å². The molecule has 3 aliphatic rings. The van der Waals surface area contributed by atoms with Crippen LogP contribution in [0.15, 0.2) is 17.1 Å². The number of morpholine rings is 1. The van der Waals surface area contributed by atoms with Gasteiger partial charge in [0.15, 0.2) is 5.96 Å². The van der Waals surface area contributed by atoms with Gasteiger partial charge in [0.1, 0.15) is 5.75 Å². The van der Waals surface area contributed by atoms with Crippen molar-refractivity contribution >= 4 is 35.8 Å². The molecule has 0 unspecified atom stereocenters. The van der Waals surface area contributed by atoms with Gasteiger partial charge in [0.25, 0.3) is 0 Å². The molecule has 0 saturated carbocycles. The monoisotopic (exact) mass is 542 g/mol. The second-order valence-corrected chi connectivity index (χ2v) is 8.51. The molecule has 1 aliphatic carbocycles. The van der Waals surface area contributed by atoms with Crippen LogP contribution in [0.25, 0.3) is 0 Å². The lowest BCUT2D eigenvalue weighted by atomic mass is 9.88. The van der Waals surface area contributed by atoms with E-state index in [-0.39, 0.29) is 35.8 Å². The van der Waals surface area contributed by atoms with Crippen molar-refractivity contribution in [1.29, 1.82) is 0 Å². The fourth-order valence-corrected chi connectivity index (χ4v) is 4.97. The van der Waals surface area contributed by atoms with Crippen LogP contribution in [0.1, 0.15) is 42.4 Å². The number of piperidine rings is 1. The van der Waals surface area contributed by atoms with Gasteiger partial charge in [0.2, 0.25) is 5.91 Å². The first-order valence-corrected chi connectivity index (χ1v) is 11.3. The molecule has 2 aliphatic heterocycles. The number of phenolic OH excluding ortho intramolecular Hbond substituents is 1. The normalized spacial score (nSPS) is 20.1. The van der Waals surface area contributed by atoms with Crippen LogP contribution in [-0.2, 0) is 28.9 Å². The number of nitrogens with zero attached hydrogens (tertiary/aromatic N) is 3. The first-order valence-electron chi connectivity index (χ1n) is 11.3. The number of aryl methyl sites for hydroxylation is 1. The molecule has 0 aromatic heterocycles. The minimum atomic E-state index is 0. The highest BCUT2D eigenvalue weighted by Crippen LogP contribution is 2.30. The smallest absolute Gasteiger partial charge is 0.225 e. The van der Waals surface area contributed by atoms with Crippen molar-refractivity contribution in [2.75, 3.05) is 46.4 Å². The molecule has 2 fully saturated rings. The Hall–Kier alpha value is -1.55. The Balaban J connectivity index is 0.00000272. The molecule has 4 rings (SSSR count). The molecule has 0 atom stereocenters. The third-order valence-corrected chi connectivity index (χ3v) is 6.73. The standard InChI is InChI=1S/C23H34N4O3.HI/c1-24-23(25-16-20-19-5-3-2-4-17(19)6-7-21(20)28)27-10-8-18(9-11-27)22(29)26-12-14-30-15-13-26;/h6-7,18,28H,2-5,8-16H2,1H3,(H,24,25);1H. The highest BCUT2D eigenvalue weighted by atomic mass is 127. The van der Waals surface area contributed by atoms with Gasteiger partial charge in [-0.3, -0.25) is 9.79 Å². The van der Waals surface area contributed by atoms with Crippen molar-refractivity contribution in [3.8, 4) is 5.75 Å². The van der Waals surface area contributed by atoms with Crippen LogP contribution < -0.4 is 5.32 Å². The number of aliphatic imine (C=N–C) groups is 1. The number of likely N-dealkylation sites (tertiary alicyclic amines) is 1. The molecule has 2 heterocycles. The molecule has 1 amide bonds. The fourth-order valence-electron chi connectivity index (χ4n) is 4.97. The van der Waals surface area contributed by atoms with Crippen LogP contribution in [0.5, 0.6) is 5.75 Å². The molecule has 0 bridgehead atoms. The van der Waals surface area contributed by atoms with E-state index in [1.54, 1.807) is 7.05 Å². The molecular weight excluding hydrogens is 507 g/mol. The summed E-state index contributed by atoms with van der Waals surface area (Å²) in [5.41, 5.74) is 3.68. The summed E-state index contributed by atoms with van der Waals surface area (Å²) in [4.78, 5) is 21.4. The molecular formula is C23H35IN4O3. The van der Waals surface area contributed by atoms with Crippen LogP contribution in [0.2, 0.25) is 0 Å². The zero-order chi connectivity index (χ0) is 20.9. The quantitative estimate of drug-likeness (QED) is 0.349. The largest absolute Gasteiger partial charge is 0.508 e. The number of carbonyl (C=O) groups is 1. The summed E-state index contributed by atoms with van der Waals surface area (Å²) in [7, 11) is 1.80. The van der Waals surface area contributed by atoms with Crippen LogP contribution in [0.4, 0.5) is 0 Å². The summed E-state index contributed by atoms with van der Waals surface area (Å²) in [6.45, 7) is 4.95. The SMILES string of the molecule is CN=C(NCc1c(O)ccc2c1CCCC2)N1CCC(C(=O)N2CCOCC2)CC1.I. The molecule has 1 aromatic rings. The van der Waals surface area contributed by atoms with Gasteiger partial charge in [-0.15, -0.1) is 24.0 Å². The molecule has 2 saturated heterocycles. The van der Waals surface area contributed by atoms with Crippen molar-refractivity contribution in [3.63, 3.8) is 0 Å². The Kier molecular flexibility index (Phi) is 8.83. The first kappa shape index (κ1) is 24.1. The molecule has 8 heteroatoms. The maximum Gasteiger partial charge on any atom is 0.225 e. The van der Waals surface area contributed by atoms with Crippen molar-refractivity contribution in [1.82, 2.24) is 15.1 Å². The molecule has 172 valence electrons. The number of phenols is 1. The number of fused-ring (bicyclic) bond motifs is 1. The number of hydrogen-bond donors (Lipinski definition) is 2. The predicted molar refractivity (Wildman–Crippen MR) is 132 cm³/mol. The second-order valence-electron chi connectivity index (χ2n) is 8.51. The Labute approximate surface area is 202 Å². The van der Waals surface area contributed by atoms with Crippen molar-refractivity contribution < 1.29 is 14.6 Å². The third-order valence-electron chi connectivity index (χ3n) is 6.73. The van der Waals surface area contributed by atoms with Crippen molar-refractivity contribution in [2.45, 2.75) is 45.1 Å². The maximum absolute atomic E-state index is 12.8. The number of aromatic hydroxyl groups is 1. The van der Waals surface area contributed by atoms with E-state index in [1.807, 2.05) is 11.0 Å². The summed E-state index contributed by atoms with van der Waals surface area (Å²) >= 11 is 0. The van der Waals surface area contributed by atoms with E-state index >= 15 is 0 Å². The van der Waals surface area contributed by atoms with E-state index in [2.05, 4.69) is 21.3 Å². The number of carbonyl (C=O) groups excluding carboxylic acids is 1. The average Bonchev–Trinajstić information content (AvgIpc) is 2.81. The van der Waals surface area contributed by atoms with E-state index in [0.717, 1.165) is 50.3 Å². The van der Waals surface area contributed by atoms with E-state index in [0.29, 0.717) is 38.6 Å². The first-order chi connectivity index (χ1) is 14.7. The summed E-state index contributed by atoms with van der Waals surface area (Å²) < 4.78 is 5.36. The number of hydrogen-bond acceptors (Lipinski definition) is 4. The molecule has 31 heavy (non-hydrogen) atoms. The van der Waals surface area contributed by atoms with Gasteiger partial charge in [-0.25, -0.2) is 0 Å². The average molecular weight is 542 g/mol. The second kappa shape index (κ2) is 11.4. The Morgan fingerprint density at radius 3 is 2.55 bits per heavy atom. The zero-order valence-corrected chi connectivity index (χ0v) is 20.8. The van der Waals surface area contributed by atoms with Crippen LogP contribution in [0, 0.1) is 5.92 Å². The van der Waals surface area contributed by atoms with Crippen molar-refractivity contribution in [2.24, 2.45) is 10.9 Å². The number of amides is 1. The minimum absolute atomic E-state index is 0. The van der Waals surface area contributed by atoms with E-state index in [4.69, 9.17) is 4.74 Å². The van der Waals surface area contributed by atoms with E-state index in [1.165, 1.54) is 24.0 Å². The number of ether oxygens (including phenoxy) is 1. The number of rotatable bonds is 3. The number of guanidine groups is 1. The highest BCUT2D eigenvalue weighted by molar-refractivity contribution is 14.0. The maximum atomic E-state index is 12.8. The van der Waals surface area contributed by atoms with Crippen LogP contribution in [0.3, 0.4) is 0 Å². The molecule has 0 spiro atoms. The third kappa shape index (κ3) is 5.63. The van der Waals surface area contributed by atoms with Gasteiger partial charge in [-0.2, -0.15) is 0 Å². The lowest BCUT2D eigenvalue weighted by molar-refractivity contribution is -0.140. The summed E-state index contributed by atoms with van der Waals surface area (Å²) in [5, 5.41) is 13.9. The van der Waals surface area contributed by atoms with E-state index in [9.17, 15) is 9.90 Å². The minimum Gasteiger partial charge on any atom is -0.508 e. The van der Waals surface area contributed by atoms with E-state index < -0.39 is 0 Å². The van der Waals surface area contributed by atoms with Crippen molar-refractivity contribution in [3.05, 3.63) is 28.8 Å². The summed E-state index contributed by atoms with van der Waals surface area (Å²) in [5.74, 6) is 1.60. The molecule has 2 N–H and O–H groups in total. The Morgan fingerprint density at radius 2 is 1.84 bits per heavy atom. The lowest BCUT2D eigenvalue weighted by Gasteiger charge is -2.36. The highest BCUT2D eigenvalue weighted by Gasteiger charge is 2.30. The van der Waals surface area contributed by atoms with Crippen LogP contribution >= 0.6 is 24.0 Å². The van der Waals surface area contributed by atoms with Gasteiger partial charge in [0, 0.05) is 51.3 Å². The summed E-state index contributed by atoms with van der Waals surface area (Å²) in [6, 6.07) is 3.89.